The molecule has 2 rings (SSSR count). The van der Waals surface area contributed by atoms with Crippen LogP contribution in [-0.4, -0.2) is 24.1 Å². The Labute approximate surface area is 175 Å². The molecule has 0 saturated carbocycles. The van der Waals surface area contributed by atoms with Gasteiger partial charge in [-0.05, 0) is 18.2 Å². The Balaban J connectivity index is 2.20. The number of benzene rings is 2. The van der Waals surface area contributed by atoms with Crippen molar-refractivity contribution in [2.45, 2.75) is 12.7 Å². The molecule has 27 heavy (non-hydrogen) atoms. The van der Waals surface area contributed by atoms with E-state index in [0.717, 1.165) is 0 Å². The van der Waals surface area contributed by atoms with Crippen LogP contribution in [0, 0.1) is 0 Å². The van der Waals surface area contributed by atoms with E-state index in [4.69, 9.17) is 51.1 Å². The van der Waals surface area contributed by atoms with Crippen LogP contribution < -0.4 is 10.6 Å². The molecule has 2 aromatic carbocycles. The van der Waals surface area contributed by atoms with Crippen LogP contribution >= 0.6 is 46.4 Å². The van der Waals surface area contributed by atoms with Crippen LogP contribution in [-0.2, 0) is 16.1 Å². The Bertz CT molecular complexity index is 848. The van der Waals surface area contributed by atoms with Crippen LogP contribution in [0.5, 0.6) is 5.75 Å². The standard InChI is InChI=1S/C17H14Cl4N2O4/c18-10-2-3-11(13(20)5-10)14(6-22-17(26)23-8-24)27-7-9-1-4-12(19)16(25)15(9)21/h1-5,8,14,25H,6-7H2,(H2,22,23,24,26). The number of aromatic hydroxyl groups is 1. The SMILES string of the molecule is O=CNC(=O)NCC(OCc1ccc(Cl)c(O)c1Cl)c1ccc(Cl)cc1Cl. The minimum atomic E-state index is -0.689. The van der Waals surface area contributed by atoms with Crippen molar-refractivity contribution in [3.8, 4) is 5.75 Å². The fraction of sp³-hybridized carbons (Fsp3) is 0.176. The molecule has 0 aliphatic carbocycles. The lowest BCUT2D eigenvalue weighted by Gasteiger charge is -2.21. The summed E-state index contributed by atoms with van der Waals surface area (Å²) in [4.78, 5) is 21.8. The number of hydrogen-bond donors (Lipinski definition) is 3. The van der Waals surface area contributed by atoms with Crippen molar-refractivity contribution in [1.82, 2.24) is 10.6 Å². The van der Waals surface area contributed by atoms with Crippen molar-refractivity contribution in [1.29, 1.82) is 0 Å². The predicted octanol–water partition coefficient (Wildman–Crippen LogP) is 4.72. The Kier molecular flexibility index (Phi) is 8.01. The Hall–Kier alpha value is -1.70. The number of carbonyl (C=O) groups excluding carboxylic acids is 2. The number of hydrogen-bond acceptors (Lipinski definition) is 4. The van der Waals surface area contributed by atoms with Gasteiger partial charge in [-0.15, -0.1) is 0 Å². The van der Waals surface area contributed by atoms with Gasteiger partial charge < -0.3 is 15.2 Å². The number of urea groups is 1. The highest BCUT2D eigenvalue weighted by Crippen LogP contribution is 2.35. The van der Waals surface area contributed by atoms with Crippen molar-refractivity contribution in [3.63, 3.8) is 0 Å². The molecule has 0 spiro atoms. The number of phenolic OH excluding ortho intramolecular Hbond substituents is 1. The summed E-state index contributed by atoms with van der Waals surface area (Å²) in [6.45, 7) is 0.0163. The summed E-state index contributed by atoms with van der Waals surface area (Å²) in [5, 5.41) is 15.3. The topological polar surface area (TPSA) is 87.7 Å². The van der Waals surface area contributed by atoms with Gasteiger partial charge in [0.05, 0.1) is 16.7 Å². The molecule has 0 heterocycles. The van der Waals surface area contributed by atoms with Gasteiger partial charge in [0.2, 0.25) is 6.41 Å². The summed E-state index contributed by atoms with van der Waals surface area (Å²) in [7, 11) is 0. The van der Waals surface area contributed by atoms with Crippen molar-refractivity contribution in [3.05, 3.63) is 61.5 Å². The zero-order valence-electron chi connectivity index (χ0n) is 13.6. The summed E-state index contributed by atoms with van der Waals surface area (Å²) < 4.78 is 5.84. The van der Waals surface area contributed by atoms with Gasteiger partial charge >= 0.3 is 6.03 Å². The number of halogens is 4. The number of ether oxygens (including phenoxy) is 1. The summed E-state index contributed by atoms with van der Waals surface area (Å²) in [5.41, 5.74) is 1.06. The van der Waals surface area contributed by atoms with Crippen LogP contribution in [0.15, 0.2) is 30.3 Å². The molecule has 3 amide bonds. The van der Waals surface area contributed by atoms with Gasteiger partial charge in [-0.1, -0.05) is 58.5 Å². The highest BCUT2D eigenvalue weighted by atomic mass is 35.5. The van der Waals surface area contributed by atoms with Crippen LogP contribution in [0.1, 0.15) is 17.2 Å². The van der Waals surface area contributed by atoms with Gasteiger partial charge in [-0.25, -0.2) is 4.79 Å². The van der Waals surface area contributed by atoms with E-state index in [1.807, 2.05) is 5.32 Å². The molecule has 0 aliphatic heterocycles. The van der Waals surface area contributed by atoms with Crippen molar-refractivity contribution < 1.29 is 19.4 Å². The summed E-state index contributed by atoms with van der Waals surface area (Å²) in [6, 6.07) is 7.24. The molecule has 0 aliphatic rings. The second-order valence-electron chi connectivity index (χ2n) is 5.31. The number of carbonyl (C=O) groups is 2. The van der Waals surface area contributed by atoms with E-state index in [2.05, 4.69) is 5.32 Å². The summed E-state index contributed by atoms with van der Waals surface area (Å²) >= 11 is 24.0. The number of phenols is 1. The first kappa shape index (κ1) is 21.6. The van der Waals surface area contributed by atoms with Gasteiger partial charge in [-0.2, -0.15) is 0 Å². The minimum absolute atomic E-state index is 0.00413. The van der Waals surface area contributed by atoms with Gasteiger partial charge in [-0.3, -0.25) is 10.1 Å². The number of imide groups is 1. The Morgan fingerprint density at radius 3 is 2.56 bits per heavy atom. The predicted molar refractivity (Wildman–Crippen MR) is 105 cm³/mol. The molecular weight excluding hydrogens is 438 g/mol. The molecule has 10 heteroatoms. The number of amides is 3. The maximum Gasteiger partial charge on any atom is 0.321 e. The molecule has 6 nitrogen and oxygen atoms in total. The maximum absolute atomic E-state index is 11.5. The minimum Gasteiger partial charge on any atom is -0.505 e. The van der Waals surface area contributed by atoms with E-state index in [0.29, 0.717) is 21.2 Å². The third-order valence-electron chi connectivity index (χ3n) is 3.53. The van der Waals surface area contributed by atoms with Crippen LogP contribution in [0.4, 0.5) is 4.79 Å². The van der Waals surface area contributed by atoms with Crippen LogP contribution in [0.2, 0.25) is 20.1 Å². The lowest BCUT2D eigenvalue weighted by Crippen LogP contribution is -2.37. The quantitative estimate of drug-likeness (QED) is 0.531. The third kappa shape index (κ3) is 5.89. The smallest absolute Gasteiger partial charge is 0.321 e. The first-order chi connectivity index (χ1) is 12.8. The van der Waals surface area contributed by atoms with Gasteiger partial charge in [0.25, 0.3) is 0 Å². The fourth-order valence-corrected chi connectivity index (χ4v) is 3.15. The molecule has 144 valence electrons. The van der Waals surface area contributed by atoms with Gasteiger partial charge in [0, 0.05) is 27.7 Å². The Morgan fingerprint density at radius 1 is 1.15 bits per heavy atom. The molecule has 1 unspecified atom stereocenters. The Morgan fingerprint density at radius 2 is 1.89 bits per heavy atom. The normalized spacial score (nSPS) is 11.7. The van der Waals surface area contributed by atoms with Crippen molar-refractivity contribution in [2.75, 3.05) is 6.54 Å². The van der Waals surface area contributed by atoms with Crippen LogP contribution in [0.25, 0.3) is 0 Å². The van der Waals surface area contributed by atoms with Crippen molar-refractivity contribution in [2.24, 2.45) is 0 Å². The highest BCUT2D eigenvalue weighted by molar-refractivity contribution is 6.37. The van der Waals surface area contributed by atoms with E-state index in [1.54, 1.807) is 24.3 Å². The van der Waals surface area contributed by atoms with Gasteiger partial charge in [0.1, 0.15) is 6.10 Å². The largest absolute Gasteiger partial charge is 0.505 e. The molecule has 0 fully saturated rings. The second kappa shape index (κ2) is 10.0. The molecular formula is C17H14Cl4N2O4. The lowest BCUT2D eigenvalue weighted by atomic mass is 10.1. The van der Waals surface area contributed by atoms with E-state index in [9.17, 15) is 14.7 Å². The monoisotopic (exact) mass is 450 g/mol. The summed E-state index contributed by atoms with van der Waals surface area (Å²) in [6.07, 6.45) is -0.419. The first-order valence-electron chi connectivity index (χ1n) is 7.54. The number of rotatable bonds is 7. The average molecular weight is 452 g/mol. The second-order valence-corrected chi connectivity index (χ2v) is 6.94. The molecule has 0 saturated heterocycles. The zero-order chi connectivity index (χ0) is 20.0. The highest BCUT2D eigenvalue weighted by Gasteiger charge is 2.19. The molecule has 0 radical (unpaired) electrons. The van der Waals surface area contributed by atoms with Crippen LogP contribution in [0.3, 0.4) is 0 Å². The molecule has 1 atom stereocenters. The van der Waals surface area contributed by atoms with E-state index >= 15 is 0 Å². The zero-order valence-corrected chi connectivity index (χ0v) is 16.7. The lowest BCUT2D eigenvalue weighted by molar-refractivity contribution is -0.108. The third-order valence-corrected chi connectivity index (χ3v) is 4.82. The van der Waals surface area contributed by atoms with E-state index in [-0.39, 0.29) is 35.4 Å². The number of nitrogens with one attached hydrogen (secondary N) is 2. The van der Waals surface area contributed by atoms with E-state index in [1.165, 1.54) is 6.07 Å². The van der Waals surface area contributed by atoms with Gasteiger partial charge in [0.15, 0.2) is 5.75 Å². The first-order valence-corrected chi connectivity index (χ1v) is 9.05. The van der Waals surface area contributed by atoms with Crippen molar-refractivity contribution >= 4 is 58.8 Å². The van der Waals surface area contributed by atoms with E-state index < -0.39 is 12.1 Å². The molecule has 3 N–H and O–H groups in total. The molecule has 2 aromatic rings. The fourth-order valence-electron chi connectivity index (χ4n) is 2.20. The summed E-state index contributed by atoms with van der Waals surface area (Å²) in [5.74, 6) is -0.246. The molecule has 0 bridgehead atoms. The average Bonchev–Trinajstić information content (AvgIpc) is 2.62. The molecule has 0 aromatic heterocycles. The maximum atomic E-state index is 11.5.